The molecule has 2 aromatic carbocycles. The van der Waals surface area contributed by atoms with Crippen LogP contribution in [0.15, 0.2) is 48.8 Å². The number of anilines is 1. The molecule has 1 aromatic heterocycles. The summed E-state index contributed by atoms with van der Waals surface area (Å²) in [7, 11) is 1.46. The average Bonchev–Trinajstić information content (AvgIpc) is 3.39. The van der Waals surface area contributed by atoms with E-state index >= 15 is 0 Å². The highest BCUT2D eigenvalue weighted by molar-refractivity contribution is 6.33. The summed E-state index contributed by atoms with van der Waals surface area (Å²) in [5, 5.41) is 14.0. The summed E-state index contributed by atoms with van der Waals surface area (Å²) in [5.41, 5.74) is 1.92. The van der Waals surface area contributed by atoms with Gasteiger partial charge in [-0.25, -0.2) is 0 Å². The van der Waals surface area contributed by atoms with Crippen LogP contribution in [-0.2, 0) is 4.79 Å². The molecule has 33 heavy (non-hydrogen) atoms. The lowest BCUT2D eigenvalue weighted by Gasteiger charge is -2.36. The Hall–Kier alpha value is -3.66. The summed E-state index contributed by atoms with van der Waals surface area (Å²) in [5.74, 6) is -0.0356. The van der Waals surface area contributed by atoms with Crippen molar-refractivity contribution in [2.24, 2.45) is 0 Å². The molecule has 1 N–H and O–H groups in total. The zero-order valence-corrected chi connectivity index (χ0v) is 18.9. The Bertz CT molecular complexity index is 1100. The van der Waals surface area contributed by atoms with E-state index < -0.39 is 0 Å². The number of hydrogen-bond donors (Lipinski definition) is 1. The van der Waals surface area contributed by atoms with Gasteiger partial charge in [0.2, 0.25) is 5.91 Å². The number of para-hydroxylation sites is 1. The van der Waals surface area contributed by atoms with Gasteiger partial charge in [0.1, 0.15) is 12.1 Å². The normalized spacial score (nSPS) is 13.6. The molecule has 1 saturated heterocycles. The zero-order chi connectivity index (χ0) is 23.2. The van der Waals surface area contributed by atoms with E-state index in [4.69, 9.17) is 16.3 Å². The lowest BCUT2D eigenvalue weighted by Crippen LogP contribution is -2.49. The maximum Gasteiger partial charge on any atom is 0.255 e. The van der Waals surface area contributed by atoms with E-state index in [-0.39, 0.29) is 30.3 Å². The maximum absolute atomic E-state index is 12.7. The van der Waals surface area contributed by atoms with Gasteiger partial charge < -0.3 is 19.9 Å². The van der Waals surface area contributed by atoms with Gasteiger partial charge in [0.05, 0.1) is 23.4 Å². The van der Waals surface area contributed by atoms with Crippen LogP contribution in [0.25, 0.3) is 5.69 Å². The minimum absolute atomic E-state index is 0.0158. The Morgan fingerprint density at radius 1 is 1.12 bits per heavy atom. The van der Waals surface area contributed by atoms with Crippen molar-refractivity contribution in [3.63, 3.8) is 0 Å². The van der Waals surface area contributed by atoms with Crippen LogP contribution in [0, 0.1) is 0 Å². The van der Waals surface area contributed by atoms with Crippen molar-refractivity contribution in [3.8, 4) is 11.4 Å². The van der Waals surface area contributed by atoms with Gasteiger partial charge >= 0.3 is 0 Å². The Labute approximate surface area is 196 Å². The van der Waals surface area contributed by atoms with Crippen LogP contribution in [0.4, 0.5) is 5.69 Å². The number of hydrogen-bond acceptors (Lipinski definition) is 7. The van der Waals surface area contributed by atoms with Gasteiger partial charge in [-0.1, -0.05) is 29.8 Å². The quantitative estimate of drug-likeness (QED) is 0.562. The lowest BCUT2D eigenvalue weighted by molar-refractivity contribution is -0.131. The molecule has 11 heteroatoms. The second kappa shape index (κ2) is 10.3. The molecule has 2 heterocycles. The highest BCUT2D eigenvalue weighted by Gasteiger charge is 2.22. The van der Waals surface area contributed by atoms with Gasteiger partial charge in [0, 0.05) is 50.9 Å². The summed E-state index contributed by atoms with van der Waals surface area (Å²) in [6.45, 7) is 3.09. The fourth-order valence-corrected chi connectivity index (χ4v) is 3.98. The van der Waals surface area contributed by atoms with E-state index in [1.165, 1.54) is 24.2 Å². The largest absolute Gasteiger partial charge is 0.496 e. The van der Waals surface area contributed by atoms with Crippen LogP contribution in [0.1, 0.15) is 16.8 Å². The fraction of sp³-hybridized carbons (Fsp3) is 0.318. The molecule has 2 amide bonds. The van der Waals surface area contributed by atoms with Crippen molar-refractivity contribution in [3.05, 3.63) is 59.4 Å². The number of tetrazole rings is 1. The molecular weight excluding hydrogens is 446 g/mol. The molecule has 1 fully saturated rings. The smallest absolute Gasteiger partial charge is 0.255 e. The summed E-state index contributed by atoms with van der Waals surface area (Å²) in [6.07, 6.45) is 1.61. The number of aromatic nitrogens is 4. The van der Waals surface area contributed by atoms with Crippen molar-refractivity contribution in [2.45, 2.75) is 6.42 Å². The van der Waals surface area contributed by atoms with Crippen LogP contribution in [0.2, 0.25) is 5.02 Å². The van der Waals surface area contributed by atoms with E-state index in [0.29, 0.717) is 29.5 Å². The van der Waals surface area contributed by atoms with Crippen molar-refractivity contribution in [1.82, 2.24) is 30.4 Å². The maximum atomic E-state index is 12.7. The Balaban J connectivity index is 1.29. The highest BCUT2D eigenvalue weighted by Crippen LogP contribution is 2.29. The number of carbonyl (C=O) groups excluding carboxylic acids is 2. The molecule has 0 atom stereocenters. The summed E-state index contributed by atoms with van der Waals surface area (Å²) < 4.78 is 6.73. The molecule has 1 aliphatic heterocycles. The molecule has 10 nitrogen and oxygen atoms in total. The number of carbonyl (C=O) groups is 2. The van der Waals surface area contributed by atoms with E-state index in [1.54, 1.807) is 6.07 Å². The first-order chi connectivity index (χ1) is 16.1. The van der Waals surface area contributed by atoms with Crippen LogP contribution in [0.5, 0.6) is 5.75 Å². The molecule has 3 aromatic rings. The third-order valence-electron chi connectivity index (χ3n) is 5.49. The molecule has 1 aliphatic rings. The minimum atomic E-state index is -0.376. The van der Waals surface area contributed by atoms with Crippen LogP contribution in [-0.4, -0.2) is 76.8 Å². The van der Waals surface area contributed by atoms with Crippen molar-refractivity contribution < 1.29 is 14.3 Å². The first-order valence-corrected chi connectivity index (χ1v) is 10.9. The van der Waals surface area contributed by atoms with Gasteiger partial charge in [-0.3, -0.25) is 9.59 Å². The summed E-state index contributed by atoms with van der Waals surface area (Å²) in [6, 6.07) is 13.2. The van der Waals surface area contributed by atoms with Gasteiger partial charge in [-0.05, 0) is 28.6 Å². The van der Waals surface area contributed by atoms with Crippen molar-refractivity contribution in [2.75, 3.05) is 44.7 Å². The number of halogens is 1. The van der Waals surface area contributed by atoms with Crippen LogP contribution >= 0.6 is 11.6 Å². The number of amides is 2. The molecule has 0 unspecified atom stereocenters. The number of piperazine rings is 1. The number of methoxy groups -OCH3 is 1. The molecule has 0 saturated carbocycles. The fourth-order valence-electron chi connectivity index (χ4n) is 3.73. The topological polar surface area (TPSA) is 105 Å². The third-order valence-corrected chi connectivity index (χ3v) is 5.79. The van der Waals surface area contributed by atoms with E-state index in [1.807, 2.05) is 23.1 Å². The van der Waals surface area contributed by atoms with Crippen LogP contribution < -0.4 is 15.0 Å². The molecule has 0 aliphatic carbocycles. The molecule has 0 radical (unpaired) electrons. The number of nitrogens with one attached hydrogen (secondary N) is 1. The number of nitrogens with zero attached hydrogens (tertiary/aromatic N) is 6. The van der Waals surface area contributed by atoms with E-state index in [2.05, 4.69) is 37.9 Å². The van der Waals surface area contributed by atoms with Gasteiger partial charge in [0.25, 0.3) is 5.91 Å². The monoisotopic (exact) mass is 469 g/mol. The summed E-state index contributed by atoms with van der Waals surface area (Å²) >= 11 is 6.32. The number of rotatable bonds is 7. The van der Waals surface area contributed by atoms with Crippen molar-refractivity contribution in [1.29, 1.82) is 0 Å². The third kappa shape index (κ3) is 5.23. The van der Waals surface area contributed by atoms with Gasteiger partial charge in [-0.2, -0.15) is 4.68 Å². The minimum Gasteiger partial charge on any atom is -0.496 e. The predicted molar refractivity (Wildman–Crippen MR) is 123 cm³/mol. The SMILES string of the molecule is COc1cc(-n2cnnn2)c(Cl)cc1C(=O)NCCC(=O)N1CCN(c2ccccc2)CC1. The second-order valence-corrected chi connectivity index (χ2v) is 7.87. The average molecular weight is 470 g/mol. The molecule has 4 rings (SSSR count). The molecular formula is C22H24ClN7O3. The zero-order valence-electron chi connectivity index (χ0n) is 18.1. The van der Waals surface area contributed by atoms with E-state index in [9.17, 15) is 9.59 Å². The van der Waals surface area contributed by atoms with Crippen LogP contribution in [0.3, 0.4) is 0 Å². The standard InChI is InChI=1S/C22H24ClN7O3/c1-33-20-14-19(30-15-25-26-27-30)18(23)13-17(20)22(32)24-8-7-21(31)29-11-9-28(10-12-29)16-5-3-2-4-6-16/h2-6,13-15H,7-12H2,1H3,(H,24,32). The molecule has 0 spiro atoms. The first kappa shape index (κ1) is 22.5. The molecule has 0 bridgehead atoms. The Kier molecular flexibility index (Phi) is 7.04. The van der Waals surface area contributed by atoms with Gasteiger partial charge in [-0.15, -0.1) is 5.10 Å². The number of benzene rings is 2. The summed E-state index contributed by atoms with van der Waals surface area (Å²) in [4.78, 5) is 29.4. The first-order valence-electron chi connectivity index (χ1n) is 10.5. The highest BCUT2D eigenvalue weighted by atomic mass is 35.5. The lowest BCUT2D eigenvalue weighted by atomic mass is 10.1. The Morgan fingerprint density at radius 3 is 2.55 bits per heavy atom. The second-order valence-electron chi connectivity index (χ2n) is 7.47. The molecule has 172 valence electrons. The predicted octanol–water partition coefficient (Wildman–Crippen LogP) is 1.79. The van der Waals surface area contributed by atoms with Gasteiger partial charge in [0.15, 0.2) is 0 Å². The number of ether oxygens (including phenoxy) is 1. The van der Waals surface area contributed by atoms with Crippen molar-refractivity contribution >= 4 is 29.1 Å². The Morgan fingerprint density at radius 2 is 1.88 bits per heavy atom. The van der Waals surface area contributed by atoms with E-state index in [0.717, 1.165) is 18.8 Å².